The summed E-state index contributed by atoms with van der Waals surface area (Å²) in [7, 11) is 0. The molecule has 0 saturated heterocycles. The van der Waals surface area contributed by atoms with Crippen LogP contribution in [0, 0.1) is 5.82 Å². The van der Waals surface area contributed by atoms with Gasteiger partial charge in [-0.25, -0.2) is 4.39 Å². The third-order valence-corrected chi connectivity index (χ3v) is 3.52. The number of amides is 1. The van der Waals surface area contributed by atoms with Gasteiger partial charge in [-0.3, -0.25) is 4.79 Å². The molecule has 0 saturated carbocycles. The number of rotatable bonds is 9. The zero-order valence-corrected chi connectivity index (χ0v) is 13.3. The molecule has 0 spiro atoms. The van der Waals surface area contributed by atoms with Gasteiger partial charge in [-0.2, -0.15) is 0 Å². The minimum Gasteiger partial charge on any atom is -0.389 e. The van der Waals surface area contributed by atoms with Crippen molar-refractivity contribution < 1.29 is 9.18 Å². The zero-order chi connectivity index (χ0) is 15.7. The Morgan fingerprint density at radius 2 is 1.90 bits per heavy atom. The molecule has 1 rings (SSSR count). The highest BCUT2D eigenvalue weighted by Crippen LogP contribution is 2.16. The summed E-state index contributed by atoms with van der Waals surface area (Å²) in [5, 5.41) is 2.58. The summed E-state index contributed by atoms with van der Waals surface area (Å²) in [6, 6.07) is 4.33. The Morgan fingerprint density at radius 3 is 2.52 bits per heavy atom. The van der Waals surface area contributed by atoms with Gasteiger partial charge >= 0.3 is 0 Å². The van der Waals surface area contributed by atoms with Crippen molar-refractivity contribution in [1.82, 2.24) is 0 Å². The Balaban J connectivity index is 2.36. The van der Waals surface area contributed by atoms with Crippen molar-refractivity contribution in [3.05, 3.63) is 29.6 Å². The molecule has 0 aromatic heterocycles. The maximum Gasteiger partial charge on any atom is 0.224 e. The molecule has 0 heterocycles. The molecule has 0 aliphatic carbocycles. The molecule has 21 heavy (non-hydrogen) atoms. The van der Waals surface area contributed by atoms with E-state index in [0.29, 0.717) is 12.0 Å². The van der Waals surface area contributed by atoms with E-state index in [1.54, 1.807) is 6.07 Å². The lowest BCUT2D eigenvalue weighted by atomic mass is 10.1. The highest BCUT2D eigenvalue weighted by atomic mass is 32.1. The number of benzene rings is 1. The van der Waals surface area contributed by atoms with E-state index in [4.69, 9.17) is 18.0 Å². The summed E-state index contributed by atoms with van der Waals surface area (Å²) < 4.78 is 13.8. The predicted molar refractivity (Wildman–Crippen MR) is 88.9 cm³/mol. The first-order chi connectivity index (χ1) is 10.0. The zero-order valence-electron chi connectivity index (χ0n) is 12.5. The van der Waals surface area contributed by atoms with Crippen molar-refractivity contribution in [2.24, 2.45) is 5.73 Å². The summed E-state index contributed by atoms with van der Waals surface area (Å²) >= 11 is 4.78. The SMILES string of the molecule is CCCCCCCCC(=O)Nc1ccc(C(N)=S)cc1F. The van der Waals surface area contributed by atoms with Crippen LogP contribution in [-0.2, 0) is 4.79 Å². The third kappa shape index (κ3) is 6.67. The maximum absolute atomic E-state index is 13.8. The van der Waals surface area contributed by atoms with Crippen molar-refractivity contribution in [3.8, 4) is 0 Å². The average molecular weight is 310 g/mol. The minimum atomic E-state index is -0.517. The second kappa shape index (κ2) is 9.45. The number of anilines is 1. The molecule has 0 radical (unpaired) electrons. The number of hydrogen-bond acceptors (Lipinski definition) is 2. The maximum atomic E-state index is 13.8. The van der Waals surface area contributed by atoms with Crippen LogP contribution in [0.5, 0.6) is 0 Å². The van der Waals surface area contributed by atoms with Crippen LogP contribution in [0.3, 0.4) is 0 Å². The van der Waals surface area contributed by atoms with Gasteiger partial charge in [0.15, 0.2) is 0 Å². The van der Waals surface area contributed by atoms with Gasteiger partial charge in [-0.1, -0.05) is 51.2 Å². The van der Waals surface area contributed by atoms with Gasteiger partial charge in [0, 0.05) is 12.0 Å². The van der Waals surface area contributed by atoms with Gasteiger partial charge in [0.1, 0.15) is 10.8 Å². The van der Waals surface area contributed by atoms with Crippen LogP contribution in [0.25, 0.3) is 0 Å². The van der Waals surface area contributed by atoms with E-state index in [0.717, 1.165) is 19.3 Å². The number of nitrogens with one attached hydrogen (secondary N) is 1. The summed E-state index contributed by atoms with van der Waals surface area (Å²) in [5.74, 6) is -0.677. The Labute approximate surface area is 131 Å². The van der Waals surface area contributed by atoms with E-state index >= 15 is 0 Å². The molecular formula is C16H23FN2OS. The molecule has 0 atom stereocenters. The summed E-state index contributed by atoms with van der Waals surface area (Å²) in [6.07, 6.45) is 7.11. The van der Waals surface area contributed by atoms with Crippen LogP contribution < -0.4 is 11.1 Å². The third-order valence-electron chi connectivity index (χ3n) is 3.29. The quantitative estimate of drug-likeness (QED) is 0.532. The van der Waals surface area contributed by atoms with E-state index in [1.807, 2.05) is 0 Å². The number of carbonyl (C=O) groups excluding carboxylic acids is 1. The molecule has 1 aromatic rings. The predicted octanol–water partition coefficient (Wildman–Crippen LogP) is 4.15. The lowest BCUT2D eigenvalue weighted by molar-refractivity contribution is -0.116. The topological polar surface area (TPSA) is 55.1 Å². The smallest absolute Gasteiger partial charge is 0.224 e. The van der Waals surface area contributed by atoms with Gasteiger partial charge < -0.3 is 11.1 Å². The lowest BCUT2D eigenvalue weighted by Crippen LogP contribution is -2.14. The van der Waals surface area contributed by atoms with Gasteiger partial charge in [0.05, 0.1) is 5.69 Å². The van der Waals surface area contributed by atoms with E-state index < -0.39 is 5.82 Å². The lowest BCUT2D eigenvalue weighted by Gasteiger charge is -2.08. The van der Waals surface area contributed by atoms with Crippen LogP contribution >= 0.6 is 12.2 Å². The van der Waals surface area contributed by atoms with Crippen LogP contribution in [0.2, 0.25) is 0 Å². The number of carbonyl (C=O) groups is 1. The first kappa shape index (κ1) is 17.6. The van der Waals surface area contributed by atoms with Crippen LogP contribution in [0.4, 0.5) is 10.1 Å². The molecule has 116 valence electrons. The molecule has 1 aromatic carbocycles. The largest absolute Gasteiger partial charge is 0.389 e. The summed E-state index contributed by atoms with van der Waals surface area (Å²) in [5.41, 5.74) is 6.05. The van der Waals surface area contributed by atoms with Crippen molar-refractivity contribution >= 4 is 28.8 Å². The fourth-order valence-electron chi connectivity index (χ4n) is 2.05. The van der Waals surface area contributed by atoms with Crippen LogP contribution in [0.15, 0.2) is 18.2 Å². The van der Waals surface area contributed by atoms with Gasteiger partial charge in [-0.05, 0) is 24.6 Å². The van der Waals surface area contributed by atoms with Crippen LogP contribution in [0.1, 0.15) is 57.4 Å². The number of thiocarbonyl (C=S) groups is 1. The van der Waals surface area contributed by atoms with Gasteiger partial charge in [0.2, 0.25) is 5.91 Å². The van der Waals surface area contributed by atoms with E-state index in [1.165, 1.54) is 31.4 Å². The number of hydrogen-bond donors (Lipinski definition) is 2. The van der Waals surface area contributed by atoms with Crippen LogP contribution in [-0.4, -0.2) is 10.9 Å². The highest BCUT2D eigenvalue weighted by Gasteiger charge is 2.08. The van der Waals surface area contributed by atoms with Crippen molar-refractivity contribution in [2.45, 2.75) is 51.9 Å². The molecule has 0 fully saturated rings. The Morgan fingerprint density at radius 1 is 1.24 bits per heavy atom. The summed E-state index contributed by atoms with van der Waals surface area (Å²) in [6.45, 7) is 2.17. The monoisotopic (exact) mass is 310 g/mol. The Bertz CT molecular complexity index is 491. The van der Waals surface area contributed by atoms with E-state index in [9.17, 15) is 9.18 Å². The molecule has 3 N–H and O–H groups in total. The molecule has 1 amide bonds. The molecule has 3 nitrogen and oxygen atoms in total. The molecule has 5 heteroatoms. The van der Waals surface area contributed by atoms with E-state index in [-0.39, 0.29) is 16.6 Å². The number of unbranched alkanes of at least 4 members (excludes halogenated alkanes) is 5. The second-order valence-corrected chi connectivity index (χ2v) is 5.56. The second-order valence-electron chi connectivity index (χ2n) is 5.12. The van der Waals surface area contributed by atoms with Gasteiger partial charge in [0.25, 0.3) is 0 Å². The molecule has 0 aliphatic rings. The molecule has 0 bridgehead atoms. The van der Waals surface area contributed by atoms with Crippen molar-refractivity contribution in [1.29, 1.82) is 0 Å². The highest BCUT2D eigenvalue weighted by molar-refractivity contribution is 7.80. The molecule has 0 aliphatic heterocycles. The Kier molecular flexibility index (Phi) is 7.90. The van der Waals surface area contributed by atoms with Crippen molar-refractivity contribution in [2.75, 3.05) is 5.32 Å². The standard InChI is InChI=1S/C16H23FN2OS/c1-2-3-4-5-6-7-8-15(20)19-14-10-9-12(16(18)21)11-13(14)17/h9-11H,2-8H2,1H3,(H2,18,21)(H,19,20). The normalized spacial score (nSPS) is 10.4. The van der Waals surface area contributed by atoms with E-state index in [2.05, 4.69) is 12.2 Å². The first-order valence-corrected chi connectivity index (χ1v) is 7.84. The van der Waals surface area contributed by atoms with Crippen molar-refractivity contribution in [3.63, 3.8) is 0 Å². The number of nitrogens with two attached hydrogens (primary N) is 1. The van der Waals surface area contributed by atoms with Gasteiger partial charge in [-0.15, -0.1) is 0 Å². The summed E-state index contributed by atoms with van der Waals surface area (Å²) in [4.78, 5) is 11.9. The fraction of sp³-hybridized carbons (Fsp3) is 0.500. The minimum absolute atomic E-state index is 0.138. The first-order valence-electron chi connectivity index (χ1n) is 7.43. The average Bonchev–Trinajstić information content (AvgIpc) is 2.44. The molecule has 0 unspecified atom stereocenters. The Hall–Kier alpha value is -1.49. The fourth-order valence-corrected chi connectivity index (χ4v) is 2.18. The number of halogens is 1. The molecular weight excluding hydrogens is 287 g/mol.